The molecule has 0 aromatic heterocycles. The molecule has 0 spiro atoms. The largest absolute Gasteiger partial charge is 0.490 e. The Labute approximate surface area is 169 Å². The fourth-order valence-corrected chi connectivity index (χ4v) is 2.58. The molecule has 134 valence electrons. The third kappa shape index (κ3) is 5.40. The third-order valence-electron chi connectivity index (χ3n) is 3.64. The molecule has 7 heteroatoms. The van der Waals surface area contributed by atoms with Gasteiger partial charge in [-0.15, -0.1) is 24.0 Å². The zero-order chi connectivity index (χ0) is 16.8. The number of ether oxygens (including phenoxy) is 2. The standard InChI is InChI=1S/C18H20ClN3O2.HI/c1-20-18(21-12-13-5-2-3-6-15(13)19)22-14-7-8-16-17(11-14)24-10-4-9-23-16;/h2-3,5-8,11H,4,9-10,12H2,1H3,(H2,20,21,22);1H. The van der Waals surface area contributed by atoms with Crippen molar-refractivity contribution in [3.8, 4) is 11.5 Å². The van der Waals surface area contributed by atoms with Crippen LogP contribution < -0.4 is 20.1 Å². The molecule has 2 aromatic rings. The van der Waals surface area contributed by atoms with Crippen LogP contribution in [0.5, 0.6) is 11.5 Å². The summed E-state index contributed by atoms with van der Waals surface area (Å²) in [5.74, 6) is 2.18. The molecule has 0 fully saturated rings. The monoisotopic (exact) mass is 473 g/mol. The molecule has 1 heterocycles. The van der Waals surface area contributed by atoms with Crippen LogP contribution in [0.2, 0.25) is 5.02 Å². The predicted molar refractivity (Wildman–Crippen MR) is 113 cm³/mol. The van der Waals surface area contributed by atoms with E-state index in [2.05, 4.69) is 15.6 Å². The third-order valence-corrected chi connectivity index (χ3v) is 4.01. The van der Waals surface area contributed by atoms with Crippen LogP contribution in [0.1, 0.15) is 12.0 Å². The summed E-state index contributed by atoms with van der Waals surface area (Å²) in [5.41, 5.74) is 1.90. The van der Waals surface area contributed by atoms with Crippen LogP contribution in [0.25, 0.3) is 0 Å². The molecule has 2 N–H and O–H groups in total. The van der Waals surface area contributed by atoms with E-state index in [1.54, 1.807) is 7.05 Å². The van der Waals surface area contributed by atoms with Gasteiger partial charge in [0, 0.05) is 36.8 Å². The van der Waals surface area contributed by atoms with E-state index in [1.807, 2.05) is 42.5 Å². The Morgan fingerprint density at radius 3 is 2.64 bits per heavy atom. The molecule has 0 aliphatic carbocycles. The van der Waals surface area contributed by atoms with Gasteiger partial charge in [0.15, 0.2) is 17.5 Å². The number of hydrogen-bond donors (Lipinski definition) is 2. The first-order valence-electron chi connectivity index (χ1n) is 7.87. The Bertz CT molecular complexity index is 740. The van der Waals surface area contributed by atoms with Crippen LogP contribution in [-0.2, 0) is 6.54 Å². The molecule has 0 atom stereocenters. The topological polar surface area (TPSA) is 54.9 Å². The summed E-state index contributed by atoms with van der Waals surface area (Å²) in [6, 6.07) is 13.5. The van der Waals surface area contributed by atoms with Crippen molar-refractivity contribution < 1.29 is 9.47 Å². The fourth-order valence-electron chi connectivity index (χ4n) is 2.38. The molecular weight excluding hydrogens is 453 g/mol. The normalized spacial score (nSPS) is 13.4. The average molecular weight is 474 g/mol. The minimum atomic E-state index is 0. The molecule has 2 aromatic carbocycles. The first kappa shape index (κ1) is 19.7. The molecule has 1 aliphatic rings. The van der Waals surface area contributed by atoms with Gasteiger partial charge in [0.1, 0.15) is 0 Å². The SMILES string of the molecule is CN=C(NCc1ccccc1Cl)Nc1ccc2c(c1)OCCCO2.I. The molecule has 0 unspecified atom stereocenters. The van der Waals surface area contributed by atoms with Gasteiger partial charge < -0.3 is 20.1 Å². The van der Waals surface area contributed by atoms with Gasteiger partial charge in [0.2, 0.25) is 0 Å². The highest BCUT2D eigenvalue weighted by atomic mass is 127. The van der Waals surface area contributed by atoms with E-state index in [0.717, 1.165) is 34.2 Å². The summed E-state index contributed by atoms with van der Waals surface area (Å²) in [6.45, 7) is 1.93. The Kier molecular flexibility index (Phi) is 7.64. The lowest BCUT2D eigenvalue weighted by Gasteiger charge is -2.14. The molecule has 0 amide bonds. The van der Waals surface area contributed by atoms with Crippen molar-refractivity contribution >= 4 is 47.2 Å². The van der Waals surface area contributed by atoms with Gasteiger partial charge in [-0.05, 0) is 23.8 Å². The molecule has 5 nitrogen and oxygen atoms in total. The summed E-state index contributed by atoms with van der Waals surface area (Å²) < 4.78 is 11.3. The van der Waals surface area contributed by atoms with Crippen LogP contribution in [0.4, 0.5) is 5.69 Å². The van der Waals surface area contributed by atoms with Crippen molar-refractivity contribution in [1.29, 1.82) is 0 Å². The summed E-state index contributed by atoms with van der Waals surface area (Å²) in [4.78, 5) is 4.24. The van der Waals surface area contributed by atoms with E-state index in [9.17, 15) is 0 Å². The summed E-state index contributed by atoms with van der Waals surface area (Å²) in [6.07, 6.45) is 0.887. The van der Waals surface area contributed by atoms with Gasteiger partial charge in [-0.1, -0.05) is 29.8 Å². The smallest absolute Gasteiger partial charge is 0.195 e. The number of anilines is 1. The minimum absolute atomic E-state index is 0. The van der Waals surface area contributed by atoms with Gasteiger partial charge in [0.05, 0.1) is 13.2 Å². The van der Waals surface area contributed by atoms with E-state index in [0.29, 0.717) is 25.7 Å². The number of nitrogens with one attached hydrogen (secondary N) is 2. The van der Waals surface area contributed by atoms with E-state index < -0.39 is 0 Å². The number of benzene rings is 2. The summed E-state index contributed by atoms with van der Waals surface area (Å²) >= 11 is 6.18. The second kappa shape index (κ2) is 9.72. The van der Waals surface area contributed by atoms with Crippen LogP contribution >= 0.6 is 35.6 Å². The van der Waals surface area contributed by atoms with Gasteiger partial charge in [0.25, 0.3) is 0 Å². The number of fused-ring (bicyclic) bond motifs is 1. The first-order valence-corrected chi connectivity index (χ1v) is 8.25. The maximum Gasteiger partial charge on any atom is 0.195 e. The van der Waals surface area contributed by atoms with E-state index in [1.165, 1.54) is 0 Å². The molecule has 0 radical (unpaired) electrons. The van der Waals surface area contributed by atoms with Crippen LogP contribution in [0.15, 0.2) is 47.5 Å². The number of rotatable bonds is 3. The van der Waals surface area contributed by atoms with Gasteiger partial charge in [-0.25, -0.2) is 0 Å². The molecular formula is C18H21ClIN3O2. The maximum atomic E-state index is 6.18. The number of guanidine groups is 1. The number of aliphatic imine (C=N–C) groups is 1. The predicted octanol–water partition coefficient (Wildman–Crippen LogP) is 4.31. The van der Waals surface area contributed by atoms with Crippen LogP contribution in [0, 0.1) is 0 Å². The lowest BCUT2D eigenvalue weighted by molar-refractivity contribution is 0.297. The Hall–Kier alpha value is -1.67. The van der Waals surface area contributed by atoms with Crippen molar-refractivity contribution in [2.45, 2.75) is 13.0 Å². The fraction of sp³-hybridized carbons (Fsp3) is 0.278. The second-order valence-corrected chi connectivity index (χ2v) is 5.76. The Morgan fingerprint density at radius 1 is 1.12 bits per heavy atom. The van der Waals surface area contributed by atoms with Crippen molar-refractivity contribution in [2.75, 3.05) is 25.6 Å². The zero-order valence-corrected chi connectivity index (χ0v) is 17.0. The minimum Gasteiger partial charge on any atom is -0.490 e. The molecule has 0 saturated carbocycles. The lowest BCUT2D eigenvalue weighted by Crippen LogP contribution is -2.30. The van der Waals surface area contributed by atoms with Gasteiger partial charge >= 0.3 is 0 Å². The molecule has 25 heavy (non-hydrogen) atoms. The zero-order valence-electron chi connectivity index (χ0n) is 13.9. The first-order chi connectivity index (χ1) is 11.8. The number of hydrogen-bond acceptors (Lipinski definition) is 3. The van der Waals surface area contributed by atoms with E-state index in [-0.39, 0.29) is 24.0 Å². The van der Waals surface area contributed by atoms with E-state index >= 15 is 0 Å². The Morgan fingerprint density at radius 2 is 1.88 bits per heavy atom. The van der Waals surface area contributed by atoms with E-state index in [4.69, 9.17) is 21.1 Å². The maximum absolute atomic E-state index is 6.18. The summed E-state index contributed by atoms with van der Waals surface area (Å²) in [7, 11) is 1.73. The van der Waals surface area contributed by atoms with Gasteiger partial charge in [-0.2, -0.15) is 0 Å². The Balaban J connectivity index is 0.00000225. The van der Waals surface area contributed by atoms with Crippen molar-refractivity contribution in [1.82, 2.24) is 5.32 Å². The highest BCUT2D eigenvalue weighted by Gasteiger charge is 2.11. The van der Waals surface area contributed by atoms with Crippen molar-refractivity contribution in [2.24, 2.45) is 4.99 Å². The number of nitrogens with zero attached hydrogens (tertiary/aromatic N) is 1. The van der Waals surface area contributed by atoms with Crippen LogP contribution in [-0.4, -0.2) is 26.2 Å². The molecule has 0 bridgehead atoms. The second-order valence-electron chi connectivity index (χ2n) is 5.35. The molecule has 3 rings (SSSR count). The summed E-state index contributed by atoms with van der Waals surface area (Å²) in [5, 5.41) is 7.23. The van der Waals surface area contributed by atoms with Crippen molar-refractivity contribution in [3.05, 3.63) is 53.1 Å². The average Bonchev–Trinajstić information content (AvgIpc) is 2.84. The van der Waals surface area contributed by atoms with Crippen molar-refractivity contribution in [3.63, 3.8) is 0 Å². The highest BCUT2D eigenvalue weighted by molar-refractivity contribution is 14.0. The van der Waals surface area contributed by atoms with Gasteiger partial charge in [-0.3, -0.25) is 4.99 Å². The quantitative estimate of drug-likeness (QED) is 0.396. The van der Waals surface area contributed by atoms with Crippen LogP contribution in [0.3, 0.4) is 0 Å². The number of halogens is 2. The lowest BCUT2D eigenvalue weighted by atomic mass is 10.2. The highest BCUT2D eigenvalue weighted by Crippen LogP contribution is 2.32. The molecule has 0 saturated heterocycles. The molecule has 1 aliphatic heterocycles.